The lowest BCUT2D eigenvalue weighted by Gasteiger charge is -2.31. The van der Waals surface area contributed by atoms with Gasteiger partial charge in [0.05, 0.1) is 0 Å². The first-order valence-corrected chi connectivity index (χ1v) is 6.51. The second kappa shape index (κ2) is 6.62. The zero-order valence-corrected chi connectivity index (χ0v) is 11.2. The summed E-state index contributed by atoms with van der Waals surface area (Å²) < 4.78 is 0. The van der Waals surface area contributed by atoms with Gasteiger partial charge < -0.3 is 10.2 Å². The van der Waals surface area contributed by atoms with Gasteiger partial charge in [0.25, 0.3) is 0 Å². The third-order valence-electron chi connectivity index (χ3n) is 3.24. The zero-order chi connectivity index (χ0) is 12.8. The van der Waals surface area contributed by atoms with Crippen LogP contribution in [0.1, 0.15) is 40.0 Å². The van der Waals surface area contributed by atoms with E-state index in [1.54, 1.807) is 6.92 Å². The molecule has 4 heteroatoms. The third-order valence-corrected chi connectivity index (χ3v) is 3.24. The minimum Gasteiger partial charge on any atom is -0.356 e. The highest BCUT2D eigenvalue weighted by Gasteiger charge is 2.20. The van der Waals surface area contributed by atoms with Crippen LogP contribution in [0.3, 0.4) is 0 Å². The predicted molar refractivity (Wildman–Crippen MR) is 67.4 cm³/mol. The minimum atomic E-state index is 0.147. The Labute approximate surface area is 104 Å². The number of nitrogens with one attached hydrogen (secondary N) is 1. The molecule has 1 saturated heterocycles. The molecule has 0 radical (unpaired) electrons. The summed E-state index contributed by atoms with van der Waals surface area (Å²) in [5.74, 6) is 1.25. The van der Waals surface area contributed by atoms with E-state index in [1.165, 1.54) is 0 Å². The number of carbonyl (C=O) groups excluding carboxylic acids is 2. The Balaban J connectivity index is 2.18. The van der Waals surface area contributed by atoms with E-state index in [0.717, 1.165) is 32.5 Å². The second-order valence-electron chi connectivity index (χ2n) is 5.35. The van der Waals surface area contributed by atoms with Crippen molar-refractivity contribution >= 4 is 11.8 Å². The Morgan fingerprint density at radius 3 is 2.35 bits per heavy atom. The largest absolute Gasteiger partial charge is 0.356 e. The first kappa shape index (κ1) is 14.0. The fourth-order valence-corrected chi connectivity index (χ4v) is 2.15. The van der Waals surface area contributed by atoms with E-state index in [0.29, 0.717) is 18.3 Å². The van der Waals surface area contributed by atoms with Crippen LogP contribution in [0.2, 0.25) is 0 Å². The summed E-state index contributed by atoms with van der Waals surface area (Å²) in [6.07, 6.45) is 2.61. The molecule has 0 saturated carbocycles. The minimum absolute atomic E-state index is 0.147. The van der Waals surface area contributed by atoms with Crippen LogP contribution in [0, 0.1) is 11.8 Å². The molecule has 1 aliphatic rings. The number of nitrogens with zero attached hydrogens (tertiary/aromatic N) is 1. The smallest absolute Gasteiger partial charge is 0.220 e. The molecule has 1 fully saturated rings. The number of carbonyl (C=O) groups is 2. The molecular weight excluding hydrogens is 216 g/mol. The molecule has 0 bridgehead atoms. The fraction of sp³-hybridized carbons (Fsp3) is 0.846. The van der Waals surface area contributed by atoms with E-state index >= 15 is 0 Å². The molecule has 1 aliphatic heterocycles. The van der Waals surface area contributed by atoms with Crippen LogP contribution in [-0.4, -0.2) is 36.3 Å². The lowest BCUT2D eigenvalue weighted by Crippen LogP contribution is -2.40. The summed E-state index contributed by atoms with van der Waals surface area (Å²) in [4.78, 5) is 24.5. The van der Waals surface area contributed by atoms with Crippen LogP contribution in [0.4, 0.5) is 0 Å². The molecule has 0 aliphatic carbocycles. The molecule has 2 amide bonds. The lowest BCUT2D eigenvalue weighted by atomic mass is 9.96. The van der Waals surface area contributed by atoms with Crippen LogP contribution in [-0.2, 0) is 9.59 Å². The van der Waals surface area contributed by atoms with Crippen LogP contribution in [0.15, 0.2) is 0 Å². The van der Waals surface area contributed by atoms with Crippen molar-refractivity contribution < 1.29 is 9.59 Å². The summed E-state index contributed by atoms with van der Waals surface area (Å²) in [6.45, 7) is 8.14. The first-order chi connectivity index (χ1) is 7.99. The zero-order valence-electron chi connectivity index (χ0n) is 11.2. The van der Waals surface area contributed by atoms with E-state index in [2.05, 4.69) is 5.32 Å². The number of piperidine rings is 1. The standard InChI is InChI=1S/C13H24N2O2/c1-10(2)8-13(17)14-9-12-4-6-15(7-5-12)11(3)16/h10,12H,4-9H2,1-3H3,(H,14,17). The Morgan fingerprint density at radius 1 is 1.29 bits per heavy atom. The SMILES string of the molecule is CC(=O)N1CCC(CNC(=O)CC(C)C)CC1. The van der Waals surface area contributed by atoms with Gasteiger partial charge in [-0.25, -0.2) is 0 Å². The molecule has 0 unspecified atom stereocenters. The van der Waals surface area contributed by atoms with Crippen molar-refractivity contribution in [2.45, 2.75) is 40.0 Å². The molecule has 1 heterocycles. The molecule has 0 aromatic rings. The Morgan fingerprint density at radius 2 is 1.88 bits per heavy atom. The lowest BCUT2D eigenvalue weighted by molar-refractivity contribution is -0.130. The molecule has 0 atom stereocenters. The third kappa shape index (κ3) is 5.20. The number of hydrogen-bond acceptors (Lipinski definition) is 2. The second-order valence-corrected chi connectivity index (χ2v) is 5.35. The van der Waals surface area contributed by atoms with E-state index in [9.17, 15) is 9.59 Å². The Bertz CT molecular complexity index is 269. The van der Waals surface area contributed by atoms with Crippen molar-refractivity contribution in [2.75, 3.05) is 19.6 Å². The average Bonchev–Trinajstić information content (AvgIpc) is 2.26. The molecular formula is C13H24N2O2. The summed E-state index contributed by atoms with van der Waals surface area (Å²) in [5, 5.41) is 2.99. The molecule has 4 nitrogen and oxygen atoms in total. The maximum Gasteiger partial charge on any atom is 0.220 e. The number of amides is 2. The molecule has 0 spiro atoms. The molecule has 0 aromatic carbocycles. The first-order valence-electron chi connectivity index (χ1n) is 6.51. The van der Waals surface area contributed by atoms with Gasteiger partial charge in [-0.3, -0.25) is 9.59 Å². The van der Waals surface area contributed by atoms with Crippen molar-refractivity contribution in [3.63, 3.8) is 0 Å². The van der Waals surface area contributed by atoms with Crippen LogP contribution < -0.4 is 5.32 Å². The van der Waals surface area contributed by atoms with Crippen molar-refractivity contribution in [3.05, 3.63) is 0 Å². The fourth-order valence-electron chi connectivity index (χ4n) is 2.15. The maximum atomic E-state index is 11.5. The van der Waals surface area contributed by atoms with Gasteiger partial charge in [-0.05, 0) is 24.7 Å². The normalized spacial score (nSPS) is 17.3. The summed E-state index contributed by atoms with van der Waals surface area (Å²) >= 11 is 0. The predicted octanol–water partition coefficient (Wildman–Crippen LogP) is 1.41. The highest BCUT2D eigenvalue weighted by atomic mass is 16.2. The highest BCUT2D eigenvalue weighted by Crippen LogP contribution is 2.16. The van der Waals surface area contributed by atoms with Gasteiger partial charge in [0.15, 0.2) is 0 Å². The van der Waals surface area contributed by atoms with Crippen molar-refractivity contribution in [2.24, 2.45) is 11.8 Å². The quantitative estimate of drug-likeness (QED) is 0.807. The summed E-state index contributed by atoms with van der Waals surface area (Å²) in [6, 6.07) is 0. The molecule has 1 N–H and O–H groups in total. The van der Waals surface area contributed by atoms with Crippen molar-refractivity contribution in [3.8, 4) is 0 Å². The molecule has 0 aromatic heterocycles. The summed E-state index contributed by atoms with van der Waals surface area (Å²) in [5.41, 5.74) is 0. The van der Waals surface area contributed by atoms with Crippen LogP contribution >= 0.6 is 0 Å². The van der Waals surface area contributed by atoms with E-state index in [1.807, 2.05) is 18.7 Å². The van der Waals surface area contributed by atoms with Gasteiger partial charge in [-0.15, -0.1) is 0 Å². The van der Waals surface area contributed by atoms with Gasteiger partial charge in [-0.1, -0.05) is 13.8 Å². The highest BCUT2D eigenvalue weighted by molar-refractivity contribution is 5.76. The van der Waals surface area contributed by atoms with E-state index < -0.39 is 0 Å². The van der Waals surface area contributed by atoms with Crippen molar-refractivity contribution in [1.29, 1.82) is 0 Å². The number of hydrogen-bond donors (Lipinski definition) is 1. The van der Waals surface area contributed by atoms with Crippen LogP contribution in [0.25, 0.3) is 0 Å². The average molecular weight is 240 g/mol. The van der Waals surface area contributed by atoms with Gasteiger partial charge in [0, 0.05) is 33.0 Å². The monoisotopic (exact) mass is 240 g/mol. The van der Waals surface area contributed by atoms with Gasteiger partial charge in [-0.2, -0.15) is 0 Å². The number of rotatable bonds is 4. The van der Waals surface area contributed by atoms with Gasteiger partial charge in [0.2, 0.25) is 11.8 Å². The van der Waals surface area contributed by atoms with Gasteiger partial charge >= 0.3 is 0 Å². The Kier molecular flexibility index (Phi) is 5.45. The summed E-state index contributed by atoms with van der Waals surface area (Å²) in [7, 11) is 0. The molecule has 17 heavy (non-hydrogen) atoms. The van der Waals surface area contributed by atoms with Crippen LogP contribution in [0.5, 0.6) is 0 Å². The Hall–Kier alpha value is -1.06. The topological polar surface area (TPSA) is 49.4 Å². The van der Waals surface area contributed by atoms with E-state index in [-0.39, 0.29) is 11.8 Å². The maximum absolute atomic E-state index is 11.5. The molecule has 98 valence electrons. The molecule has 1 rings (SSSR count). The number of likely N-dealkylation sites (tertiary alicyclic amines) is 1. The van der Waals surface area contributed by atoms with Crippen molar-refractivity contribution in [1.82, 2.24) is 10.2 Å². The van der Waals surface area contributed by atoms with Gasteiger partial charge in [0.1, 0.15) is 0 Å². The van der Waals surface area contributed by atoms with E-state index in [4.69, 9.17) is 0 Å².